The second kappa shape index (κ2) is 12.2. The Morgan fingerprint density at radius 3 is 2.21 bits per heavy atom. The second-order valence-electron chi connectivity index (χ2n) is 8.04. The standard InChI is InChI=1S/C24H32BrN3O4S/c1-5-18(2)26-24(30)19(3)27(16-15-20-11-7-6-8-12-20)23(29)17-28(33(4,31)32)22-14-10-9-13-21(22)25/h6-14,18-19H,5,15-17H2,1-4H3,(H,26,30)/t18-,19+/m0/s1. The Morgan fingerprint density at radius 1 is 1.03 bits per heavy atom. The number of nitrogens with one attached hydrogen (secondary N) is 1. The zero-order chi connectivity index (χ0) is 24.6. The van der Waals surface area contributed by atoms with Crippen molar-refractivity contribution in [3.63, 3.8) is 0 Å². The van der Waals surface area contributed by atoms with E-state index in [9.17, 15) is 18.0 Å². The van der Waals surface area contributed by atoms with Gasteiger partial charge in [0.2, 0.25) is 21.8 Å². The van der Waals surface area contributed by atoms with Gasteiger partial charge in [-0.1, -0.05) is 49.4 Å². The number of para-hydroxylation sites is 1. The average molecular weight is 539 g/mol. The second-order valence-corrected chi connectivity index (χ2v) is 10.8. The Bertz CT molecular complexity index is 1050. The number of hydrogen-bond acceptors (Lipinski definition) is 4. The van der Waals surface area contributed by atoms with Crippen molar-refractivity contribution in [1.82, 2.24) is 10.2 Å². The quantitative estimate of drug-likeness (QED) is 0.474. The summed E-state index contributed by atoms with van der Waals surface area (Å²) in [6.07, 6.45) is 2.37. The van der Waals surface area contributed by atoms with Crippen LogP contribution in [0.4, 0.5) is 5.69 Å². The number of hydrogen-bond donors (Lipinski definition) is 1. The molecule has 2 amide bonds. The van der Waals surface area contributed by atoms with Crippen LogP contribution in [0, 0.1) is 0 Å². The summed E-state index contributed by atoms with van der Waals surface area (Å²) >= 11 is 3.37. The summed E-state index contributed by atoms with van der Waals surface area (Å²) in [7, 11) is -3.75. The number of sulfonamides is 1. The number of benzene rings is 2. The van der Waals surface area contributed by atoms with Crippen molar-refractivity contribution >= 4 is 43.5 Å². The highest BCUT2D eigenvalue weighted by Gasteiger charge is 2.30. The fourth-order valence-electron chi connectivity index (χ4n) is 3.28. The first-order valence-electron chi connectivity index (χ1n) is 10.9. The molecular weight excluding hydrogens is 506 g/mol. The van der Waals surface area contributed by atoms with E-state index in [-0.39, 0.29) is 18.5 Å². The molecule has 180 valence electrons. The highest BCUT2D eigenvalue weighted by Crippen LogP contribution is 2.27. The first-order valence-corrected chi connectivity index (χ1v) is 13.5. The SMILES string of the molecule is CC[C@H](C)NC(=O)[C@@H](C)N(CCc1ccccc1)C(=O)CN(c1ccccc1Br)S(C)(=O)=O. The molecule has 0 aliphatic heterocycles. The van der Waals surface area contributed by atoms with Gasteiger partial charge in [0.25, 0.3) is 0 Å². The van der Waals surface area contributed by atoms with Crippen LogP contribution in [0.25, 0.3) is 0 Å². The van der Waals surface area contributed by atoms with Gasteiger partial charge in [-0.15, -0.1) is 0 Å². The molecule has 0 bridgehead atoms. The highest BCUT2D eigenvalue weighted by molar-refractivity contribution is 9.10. The maximum absolute atomic E-state index is 13.4. The number of anilines is 1. The summed E-state index contributed by atoms with van der Waals surface area (Å²) < 4.78 is 26.8. The van der Waals surface area contributed by atoms with Gasteiger partial charge in [-0.25, -0.2) is 8.42 Å². The molecule has 0 unspecified atom stereocenters. The van der Waals surface area contributed by atoms with Crippen molar-refractivity contribution < 1.29 is 18.0 Å². The van der Waals surface area contributed by atoms with Gasteiger partial charge in [0.05, 0.1) is 11.9 Å². The molecule has 0 aliphatic rings. The van der Waals surface area contributed by atoms with Crippen molar-refractivity contribution in [3.8, 4) is 0 Å². The van der Waals surface area contributed by atoms with Crippen LogP contribution in [0.15, 0.2) is 59.1 Å². The molecular formula is C24H32BrN3O4S. The maximum Gasteiger partial charge on any atom is 0.244 e. The lowest BCUT2D eigenvalue weighted by atomic mass is 10.1. The molecule has 0 saturated heterocycles. The molecule has 9 heteroatoms. The van der Waals surface area contributed by atoms with Gasteiger partial charge in [0.1, 0.15) is 12.6 Å². The molecule has 2 aromatic carbocycles. The molecule has 2 aromatic rings. The van der Waals surface area contributed by atoms with E-state index < -0.39 is 28.5 Å². The maximum atomic E-state index is 13.4. The van der Waals surface area contributed by atoms with Crippen LogP contribution in [0.3, 0.4) is 0 Å². The molecule has 0 saturated carbocycles. The van der Waals surface area contributed by atoms with E-state index in [0.717, 1.165) is 22.5 Å². The average Bonchev–Trinajstić information content (AvgIpc) is 2.77. The Labute approximate surface area is 205 Å². The van der Waals surface area contributed by atoms with Gasteiger partial charge in [-0.2, -0.15) is 0 Å². The van der Waals surface area contributed by atoms with Crippen LogP contribution in [0.5, 0.6) is 0 Å². The van der Waals surface area contributed by atoms with E-state index >= 15 is 0 Å². The van der Waals surface area contributed by atoms with Crippen molar-refractivity contribution in [2.24, 2.45) is 0 Å². The predicted molar refractivity (Wildman–Crippen MR) is 136 cm³/mol. The van der Waals surface area contributed by atoms with E-state index in [1.54, 1.807) is 31.2 Å². The molecule has 0 fully saturated rings. The Hall–Kier alpha value is -2.39. The number of nitrogens with zero attached hydrogens (tertiary/aromatic N) is 2. The van der Waals surface area contributed by atoms with E-state index in [4.69, 9.17) is 0 Å². The van der Waals surface area contributed by atoms with Crippen LogP contribution >= 0.6 is 15.9 Å². The summed E-state index contributed by atoms with van der Waals surface area (Å²) in [4.78, 5) is 27.7. The summed E-state index contributed by atoms with van der Waals surface area (Å²) in [5.41, 5.74) is 1.39. The summed E-state index contributed by atoms with van der Waals surface area (Å²) in [6, 6.07) is 15.7. The number of rotatable bonds is 11. The van der Waals surface area contributed by atoms with Gasteiger partial charge in [-0.3, -0.25) is 13.9 Å². The molecule has 2 rings (SSSR count). The number of carbonyl (C=O) groups excluding carboxylic acids is 2. The molecule has 0 heterocycles. The zero-order valence-corrected chi connectivity index (χ0v) is 21.9. The summed E-state index contributed by atoms with van der Waals surface area (Å²) in [5, 5.41) is 2.92. The summed E-state index contributed by atoms with van der Waals surface area (Å²) in [6.45, 7) is 5.42. The molecule has 2 atom stereocenters. The lowest BCUT2D eigenvalue weighted by molar-refractivity contribution is -0.139. The van der Waals surface area contributed by atoms with Crippen molar-refractivity contribution in [2.75, 3.05) is 23.7 Å². The van der Waals surface area contributed by atoms with E-state index in [0.29, 0.717) is 16.6 Å². The van der Waals surface area contributed by atoms with Crippen LogP contribution in [0.2, 0.25) is 0 Å². The van der Waals surface area contributed by atoms with Crippen molar-refractivity contribution in [1.29, 1.82) is 0 Å². The summed E-state index contributed by atoms with van der Waals surface area (Å²) in [5.74, 6) is -0.712. The molecule has 0 radical (unpaired) electrons. The molecule has 0 spiro atoms. The van der Waals surface area contributed by atoms with Gasteiger partial charge in [0, 0.05) is 17.1 Å². The number of carbonyl (C=O) groups is 2. The Kier molecular flexibility index (Phi) is 9.91. The third kappa shape index (κ3) is 7.85. The topological polar surface area (TPSA) is 86.8 Å². The minimum Gasteiger partial charge on any atom is -0.352 e. The smallest absolute Gasteiger partial charge is 0.244 e. The molecule has 0 aromatic heterocycles. The normalized spacial score (nSPS) is 13.1. The van der Waals surface area contributed by atoms with E-state index in [1.165, 1.54) is 4.90 Å². The fraction of sp³-hybridized carbons (Fsp3) is 0.417. The minimum absolute atomic E-state index is 0.0289. The lowest BCUT2D eigenvalue weighted by Gasteiger charge is -2.32. The van der Waals surface area contributed by atoms with Crippen LogP contribution in [0.1, 0.15) is 32.8 Å². The van der Waals surface area contributed by atoms with Crippen LogP contribution in [-0.2, 0) is 26.0 Å². The first-order chi connectivity index (χ1) is 15.5. The van der Waals surface area contributed by atoms with Crippen molar-refractivity contribution in [2.45, 2.75) is 45.7 Å². The first kappa shape index (κ1) is 26.9. The predicted octanol–water partition coefficient (Wildman–Crippen LogP) is 3.59. The highest BCUT2D eigenvalue weighted by atomic mass is 79.9. The van der Waals surface area contributed by atoms with Gasteiger partial charge < -0.3 is 10.2 Å². The monoisotopic (exact) mass is 537 g/mol. The largest absolute Gasteiger partial charge is 0.352 e. The Balaban J connectivity index is 2.31. The van der Waals surface area contributed by atoms with Gasteiger partial charge >= 0.3 is 0 Å². The minimum atomic E-state index is -3.75. The van der Waals surface area contributed by atoms with Gasteiger partial charge in [-0.05, 0) is 60.3 Å². The zero-order valence-electron chi connectivity index (χ0n) is 19.5. The molecule has 0 aliphatic carbocycles. The molecule has 33 heavy (non-hydrogen) atoms. The fourth-order valence-corrected chi connectivity index (χ4v) is 4.76. The third-order valence-electron chi connectivity index (χ3n) is 5.45. The number of halogens is 1. The lowest BCUT2D eigenvalue weighted by Crippen LogP contribution is -2.53. The van der Waals surface area contributed by atoms with Crippen LogP contribution in [-0.4, -0.2) is 56.6 Å². The van der Waals surface area contributed by atoms with Gasteiger partial charge in [0.15, 0.2) is 0 Å². The Morgan fingerprint density at radius 2 is 1.64 bits per heavy atom. The third-order valence-corrected chi connectivity index (χ3v) is 7.25. The molecule has 7 nitrogen and oxygen atoms in total. The van der Waals surface area contributed by atoms with Crippen molar-refractivity contribution in [3.05, 3.63) is 64.6 Å². The molecule has 1 N–H and O–H groups in total. The van der Waals surface area contributed by atoms with E-state index in [2.05, 4.69) is 21.2 Å². The van der Waals surface area contributed by atoms with Crippen LogP contribution < -0.4 is 9.62 Å². The number of amides is 2. The van der Waals surface area contributed by atoms with E-state index in [1.807, 2.05) is 44.2 Å².